The highest BCUT2D eigenvalue weighted by Gasteiger charge is 2.44. The lowest BCUT2D eigenvalue weighted by atomic mass is 9.34. The van der Waals surface area contributed by atoms with Crippen molar-refractivity contribution in [3.05, 3.63) is 145 Å². The van der Waals surface area contributed by atoms with Crippen LogP contribution < -0.4 is 52.1 Å². The van der Waals surface area contributed by atoms with E-state index in [0.29, 0.717) is 11.6 Å². The maximum absolute atomic E-state index is 10.4. The first-order valence-corrected chi connectivity index (χ1v) is 16.6. The third-order valence-electron chi connectivity index (χ3n) is 10.3. The molecular formula is C41H23B2N5O2. The van der Waals surface area contributed by atoms with Crippen LogP contribution in [0.2, 0.25) is 0 Å². The number of benzene rings is 6. The van der Waals surface area contributed by atoms with Crippen LogP contribution in [0.4, 0.5) is 34.4 Å². The van der Waals surface area contributed by atoms with E-state index in [1.54, 1.807) is 0 Å². The van der Waals surface area contributed by atoms with E-state index >= 15 is 0 Å². The zero-order valence-electron chi connectivity index (χ0n) is 26.5. The van der Waals surface area contributed by atoms with E-state index in [1.165, 1.54) is 0 Å². The highest BCUT2D eigenvalue weighted by Crippen LogP contribution is 2.43. The van der Waals surface area contributed by atoms with Gasteiger partial charge in [0, 0.05) is 28.8 Å². The first-order valence-electron chi connectivity index (χ1n) is 16.6. The first kappa shape index (κ1) is 27.2. The summed E-state index contributed by atoms with van der Waals surface area (Å²) in [6.07, 6.45) is 0. The minimum absolute atomic E-state index is 0.0139. The zero-order valence-corrected chi connectivity index (χ0v) is 26.5. The summed E-state index contributed by atoms with van der Waals surface area (Å²) >= 11 is 0. The highest BCUT2D eigenvalue weighted by molar-refractivity contribution is 7.00. The second-order valence-corrected chi connectivity index (χ2v) is 12.8. The molecule has 0 bridgehead atoms. The molecule has 0 aliphatic carbocycles. The Morgan fingerprint density at radius 3 is 1.34 bits per heavy atom. The predicted molar refractivity (Wildman–Crippen MR) is 198 cm³/mol. The Bertz CT molecular complexity index is 2470. The number of aromatic nitrogens is 2. The SMILES string of the molecule is N#Cc1nc(N2c3ccccc3B3c4ccccc4Oc4cccc2c43)cc(N2c3ccccc3B3c4ccccc4Oc4cccc2c43)n1. The molecule has 7 nitrogen and oxygen atoms in total. The van der Waals surface area contributed by atoms with Gasteiger partial charge in [-0.2, -0.15) is 5.26 Å². The fourth-order valence-electron chi connectivity index (χ4n) is 8.36. The average Bonchev–Trinajstić information content (AvgIpc) is 3.17. The van der Waals surface area contributed by atoms with Crippen LogP contribution in [0.1, 0.15) is 5.82 Å². The molecule has 4 aliphatic rings. The van der Waals surface area contributed by atoms with Gasteiger partial charge in [-0.1, -0.05) is 84.9 Å². The van der Waals surface area contributed by atoms with Gasteiger partial charge >= 0.3 is 0 Å². The molecule has 6 aromatic carbocycles. The van der Waals surface area contributed by atoms with Gasteiger partial charge < -0.3 is 9.47 Å². The van der Waals surface area contributed by atoms with Crippen molar-refractivity contribution in [3.8, 4) is 29.1 Å². The van der Waals surface area contributed by atoms with Crippen LogP contribution in [0.15, 0.2) is 140 Å². The molecule has 11 rings (SSSR count). The van der Waals surface area contributed by atoms with Crippen molar-refractivity contribution in [1.82, 2.24) is 9.97 Å². The minimum Gasteiger partial charge on any atom is -0.458 e. The van der Waals surface area contributed by atoms with Gasteiger partial charge in [0.25, 0.3) is 13.4 Å². The number of ether oxygens (including phenoxy) is 2. The molecule has 9 heteroatoms. The third kappa shape index (κ3) is 3.65. The number of rotatable bonds is 2. The molecule has 0 radical (unpaired) electrons. The van der Waals surface area contributed by atoms with Crippen LogP contribution in [0.3, 0.4) is 0 Å². The minimum atomic E-state index is -0.0139. The van der Waals surface area contributed by atoms with Crippen molar-refractivity contribution in [1.29, 1.82) is 5.26 Å². The maximum Gasteiger partial charge on any atom is 0.256 e. The van der Waals surface area contributed by atoms with Gasteiger partial charge in [0.15, 0.2) is 0 Å². The molecule has 0 spiro atoms. The first-order chi connectivity index (χ1) is 24.8. The maximum atomic E-state index is 10.4. The van der Waals surface area contributed by atoms with Gasteiger partial charge in [0.1, 0.15) is 40.7 Å². The summed E-state index contributed by atoms with van der Waals surface area (Å²) in [7, 11) is 0. The predicted octanol–water partition coefficient (Wildman–Crippen LogP) is 5.16. The van der Waals surface area contributed by atoms with E-state index in [-0.39, 0.29) is 19.2 Å². The van der Waals surface area contributed by atoms with Crippen molar-refractivity contribution in [2.24, 2.45) is 0 Å². The van der Waals surface area contributed by atoms with Crippen LogP contribution in [-0.2, 0) is 0 Å². The fourth-order valence-corrected chi connectivity index (χ4v) is 8.36. The lowest BCUT2D eigenvalue weighted by Crippen LogP contribution is -2.59. The van der Waals surface area contributed by atoms with E-state index in [9.17, 15) is 5.26 Å². The van der Waals surface area contributed by atoms with E-state index in [1.807, 2.05) is 66.7 Å². The molecule has 7 aromatic rings. The van der Waals surface area contributed by atoms with E-state index in [4.69, 9.17) is 19.4 Å². The van der Waals surface area contributed by atoms with Crippen LogP contribution in [0.5, 0.6) is 23.0 Å². The van der Waals surface area contributed by atoms with Gasteiger partial charge in [-0.05, 0) is 81.3 Å². The van der Waals surface area contributed by atoms with Gasteiger partial charge in [0.05, 0.1) is 0 Å². The van der Waals surface area contributed by atoms with Crippen LogP contribution >= 0.6 is 0 Å². The molecule has 50 heavy (non-hydrogen) atoms. The van der Waals surface area contributed by atoms with Gasteiger partial charge in [0.2, 0.25) is 5.82 Å². The Morgan fingerprint density at radius 1 is 0.460 bits per heavy atom. The Hall–Kier alpha value is -6.78. The molecule has 5 heterocycles. The number of fused-ring (bicyclic) bond motifs is 8. The third-order valence-corrected chi connectivity index (χ3v) is 10.3. The molecule has 0 fully saturated rings. The van der Waals surface area contributed by atoms with E-state index in [0.717, 1.165) is 78.5 Å². The summed E-state index contributed by atoms with van der Waals surface area (Å²) in [5.41, 5.74) is 10.6. The Balaban J connectivity index is 1.14. The Kier molecular flexibility index (Phi) is 5.50. The number of anilines is 6. The monoisotopic (exact) mass is 639 g/mol. The number of nitriles is 1. The summed E-state index contributed by atoms with van der Waals surface area (Å²) in [5.74, 6) is 4.61. The summed E-state index contributed by atoms with van der Waals surface area (Å²) in [6.45, 7) is -0.0278. The van der Waals surface area contributed by atoms with Crippen molar-refractivity contribution in [2.45, 2.75) is 0 Å². The molecule has 4 aliphatic heterocycles. The van der Waals surface area contributed by atoms with Crippen molar-refractivity contribution in [3.63, 3.8) is 0 Å². The highest BCUT2D eigenvalue weighted by atomic mass is 16.5. The van der Waals surface area contributed by atoms with Crippen LogP contribution in [0, 0.1) is 11.3 Å². The lowest BCUT2D eigenvalue weighted by molar-refractivity contribution is 0.487. The van der Waals surface area contributed by atoms with Gasteiger partial charge in [-0.3, -0.25) is 9.80 Å². The van der Waals surface area contributed by atoms with Crippen molar-refractivity contribution in [2.75, 3.05) is 9.80 Å². The molecule has 1 aromatic heterocycles. The Morgan fingerprint density at radius 2 is 0.860 bits per heavy atom. The molecule has 230 valence electrons. The van der Waals surface area contributed by atoms with Gasteiger partial charge in [-0.15, -0.1) is 0 Å². The smallest absolute Gasteiger partial charge is 0.256 e. The zero-order chi connectivity index (χ0) is 32.9. The summed E-state index contributed by atoms with van der Waals surface area (Å²) in [5, 5.41) is 10.4. The summed E-state index contributed by atoms with van der Waals surface area (Å²) in [4.78, 5) is 14.0. The topological polar surface area (TPSA) is 74.5 Å². The van der Waals surface area contributed by atoms with Crippen molar-refractivity contribution >= 4 is 80.6 Å². The molecule has 0 atom stereocenters. The number of para-hydroxylation sites is 4. The van der Waals surface area contributed by atoms with E-state index < -0.39 is 0 Å². The second kappa shape index (κ2) is 10.1. The molecule has 0 saturated carbocycles. The summed E-state index contributed by atoms with van der Waals surface area (Å²) in [6, 6.07) is 49.9. The Labute approximate surface area is 288 Å². The largest absolute Gasteiger partial charge is 0.458 e. The van der Waals surface area contributed by atoms with Crippen LogP contribution in [0.25, 0.3) is 0 Å². The summed E-state index contributed by atoms with van der Waals surface area (Å²) < 4.78 is 13.0. The molecule has 0 unspecified atom stereocenters. The number of hydrogen-bond acceptors (Lipinski definition) is 7. The standard InChI is InChI=1S/C41H23B2N5O2/c44-24-37-45-38(47-29-15-5-1-11-25(29)42-27-13-3-7-19-33(27)49-35-21-9-17-31(47)40(35)42)23-39(46-37)48-30-16-6-2-12-26(30)43-28-14-4-8-20-34(28)50-36-22-10-18-32(48)41(36)43/h1-23H. The molecule has 0 saturated heterocycles. The van der Waals surface area contributed by atoms with E-state index in [2.05, 4.69) is 88.7 Å². The fraction of sp³-hybridized carbons (Fsp3) is 0. The van der Waals surface area contributed by atoms with Crippen LogP contribution in [-0.4, -0.2) is 23.4 Å². The molecule has 0 amide bonds. The molecule has 0 N–H and O–H groups in total. The number of hydrogen-bond donors (Lipinski definition) is 0. The lowest BCUT2D eigenvalue weighted by Gasteiger charge is -2.40. The van der Waals surface area contributed by atoms with Crippen molar-refractivity contribution < 1.29 is 9.47 Å². The second-order valence-electron chi connectivity index (χ2n) is 12.8. The van der Waals surface area contributed by atoms with Gasteiger partial charge in [-0.25, -0.2) is 9.97 Å². The number of nitrogens with zero attached hydrogens (tertiary/aromatic N) is 5. The normalized spacial score (nSPS) is 13.7. The average molecular weight is 639 g/mol. The molecular weight excluding hydrogens is 616 g/mol. The quantitative estimate of drug-likeness (QED) is 0.242.